The van der Waals surface area contributed by atoms with Crippen LogP contribution in [-0.4, -0.2) is 40.3 Å². The number of hydrogen-bond donors (Lipinski definition) is 0. The minimum Gasteiger partial charge on any atom is -0.469 e. The molecule has 5 nitrogen and oxygen atoms in total. The van der Waals surface area contributed by atoms with E-state index in [0.717, 1.165) is 12.1 Å². The van der Waals surface area contributed by atoms with E-state index in [4.69, 9.17) is 4.74 Å². The second-order valence-electron chi connectivity index (χ2n) is 5.52. The van der Waals surface area contributed by atoms with Crippen molar-refractivity contribution >= 4 is 21.5 Å². The molecule has 0 N–H and O–H groups in total. The van der Waals surface area contributed by atoms with Crippen molar-refractivity contribution in [2.24, 2.45) is 5.41 Å². The van der Waals surface area contributed by atoms with Gasteiger partial charge in [0.25, 0.3) is 0 Å². The van der Waals surface area contributed by atoms with E-state index in [-0.39, 0.29) is 5.97 Å². The molecule has 0 aliphatic carbocycles. The van der Waals surface area contributed by atoms with Crippen LogP contribution in [0, 0.1) is 5.41 Å². The SMILES string of the molecule is COC(=O)C1(C)CCN(c2ccc(S(=O)(=O)C(F)F)cc2)C1. The first-order chi connectivity index (χ1) is 10.2. The number of esters is 1. The fourth-order valence-electron chi connectivity index (χ4n) is 2.54. The highest BCUT2D eigenvalue weighted by Gasteiger charge is 2.41. The molecular formula is C14H17F2NO4S. The van der Waals surface area contributed by atoms with Gasteiger partial charge in [-0.2, -0.15) is 8.78 Å². The molecule has 0 amide bonds. The molecule has 8 heteroatoms. The van der Waals surface area contributed by atoms with Gasteiger partial charge in [0.05, 0.1) is 17.4 Å². The number of benzene rings is 1. The van der Waals surface area contributed by atoms with Crippen LogP contribution in [0.1, 0.15) is 13.3 Å². The van der Waals surface area contributed by atoms with Crippen LogP contribution < -0.4 is 4.90 Å². The smallest absolute Gasteiger partial charge is 0.341 e. The zero-order valence-corrected chi connectivity index (χ0v) is 13.1. The lowest BCUT2D eigenvalue weighted by Crippen LogP contribution is -2.32. The first-order valence-electron chi connectivity index (χ1n) is 6.66. The summed E-state index contributed by atoms with van der Waals surface area (Å²) in [6.07, 6.45) is 0.608. The molecule has 1 fully saturated rings. The van der Waals surface area contributed by atoms with Crippen molar-refractivity contribution in [3.8, 4) is 0 Å². The lowest BCUT2D eigenvalue weighted by molar-refractivity contribution is -0.150. The molecule has 0 bridgehead atoms. The molecule has 1 aliphatic heterocycles. The lowest BCUT2D eigenvalue weighted by Gasteiger charge is -2.23. The molecule has 1 aromatic carbocycles. The quantitative estimate of drug-likeness (QED) is 0.790. The summed E-state index contributed by atoms with van der Waals surface area (Å²) < 4.78 is 52.5. The Morgan fingerprint density at radius 1 is 1.32 bits per heavy atom. The highest BCUT2D eigenvalue weighted by molar-refractivity contribution is 7.91. The van der Waals surface area contributed by atoms with Crippen molar-refractivity contribution in [1.29, 1.82) is 0 Å². The number of carbonyl (C=O) groups is 1. The zero-order valence-electron chi connectivity index (χ0n) is 12.3. The van der Waals surface area contributed by atoms with Gasteiger partial charge in [-0.15, -0.1) is 0 Å². The Labute approximate surface area is 127 Å². The largest absolute Gasteiger partial charge is 0.469 e. The average Bonchev–Trinajstić information content (AvgIpc) is 2.90. The number of hydrogen-bond acceptors (Lipinski definition) is 5. The van der Waals surface area contributed by atoms with Gasteiger partial charge in [-0.25, -0.2) is 8.42 Å². The Morgan fingerprint density at radius 2 is 1.91 bits per heavy atom. The van der Waals surface area contributed by atoms with Gasteiger partial charge in [0.2, 0.25) is 9.84 Å². The number of rotatable bonds is 4. The van der Waals surface area contributed by atoms with E-state index in [1.165, 1.54) is 19.2 Å². The molecule has 0 saturated carbocycles. The summed E-state index contributed by atoms with van der Waals surface area (Å²) in [5.74, 6) is -3.74. The van der Waals surface area contributed by atoms with Gasteiger partial charge in [-0.05, 0) is 37.6 Å². The van der Waals surface area contributed by atoms with Crippen LogP contribution in [0.2, 0.25) is 0 Å². The van der Waals surface area contributed by atoms with E-state index in [2.05, 4.69) is 0 Å². The highest BCUT2D eigenvalue weighted by atomic mass is 32.2. The van der Waals surface area contributed by atoms with Gasteiger partial charge < -0.3 is 9.64 Å². The molecule has 2 rings (SSSR count). The Hall–Kier alpha value is -1.70. The summed E-state index contributed by atoms with van der Waals surface area (Å²) in [5, 5.41) is 0. The molecule has 22 heavy (non-hydrogen) atoms. The fourth-order valence-corrected chi connectivity index (χ4v) is 3.27. The summed E-state index contributed by atoms with van der Waals surface area (Å²) in [6, 6.07) is 5.26. The standard InChI is InChI=1S/C14H17F2NO4S/c1-14(12(18)21-2)7-8-17(9-14)10-3-5-11(6-4-10)22(19,20)13(15)16/h3-6,13H,7-9H2,1-2H3. The van der Waals surface area contributed by atoms with E-state index in [1.807, 2.05) is 4.90 Å². The number of ether oxygens (including phenoxy) is 1. The summed E-state index contributed by atoms with van der Waals surface area (Å²) in [5.41, 5.74) is 0.0588. The van der Waals surface area contributed by atoms with E-state index in [9.17, 15) is 22.0 Å². The van der Waals surface area contributed by atoms with Gasteiger partial charge in [0, 0.05) is 18.8 Å². The number of halogens is 2. The summed E-state index contributed by atoms with van der Waals surface area (Å²) in [6.45, 7) is 2.83. The number of alkyl halides is 2. The second kappa shape index (κ2) is 5.83. The van der Waals surface area contributed by atoms with Gasteiger partial charge in [0.15, 0.2) is 0 Å². The Kier molecular flexibility index (Phi) is 4.42. The maximum absolute atomic E-state index is 12.5. The monoisotopic (exact) mass is 333 g/mol. The van der Waals surface area contributed by atoms with E-state index >= 15 is 0 Å². The van der Waals surface area contributed by atoms with Crippen LogP contribution in [0.5, 0.6) is 0 Å². The van der Waals surface area contributed by atoms with Crippen molar-refractivity contribution in [3.63, 3.8) is 0 Å². The molecule has 0 radical (unpaired) electrons. The average molecular weight is 333 g/mol. The van der Waals surface area contributed by atoms with Crippen LogP contribution >= 0.6 is 0 Å². The molecule has 1 aliphatic rings. The minimum atomic E-state index is -4.58. The molecule has 122 valence electrons. The van der Waals surface area contributed by atoms with Crippen molar-refractivity contribution in [2.45, 2.75) is 24.0 Å². The van der Waals surface area contributed by atoms with Crippen molar-refractivity contribution in [2.75, 3.05) is 25.1 Å². The van der Waals surface area contributed by atoms with E-state index in [0.29, 0.717) is 25.2 Å². The third-order valence-corrected chi connectivity index (χ3v) is 5.31. The number of nitrogens with zero attached hydrogens (tertiary/aromatic N) is 1. The van der Waals surface area contributed by atoms with Gasteiger partial charge >= 0.3 is 11.7 Å². The van der Waals surface area contributed by atoms with Crippen LogP contribution in [0.25, 0.3) is 0 Å². The number of sulfone groups is 1. The highest BCUT2D eigenvalue weighted by Crippen LogP contribution is 2.34. The van der Waals surface area contributed by atoms with Crippen LogP contribution in [0.3, 0.4) is 0 Å². The topological polar surface area (TPSA) is 63.7 Å². The Balaban J connectivity index is 2.18. The summed E-state index contributed by atoms with van der Waals surface area (Å²) in [7, 11) is -3.25. The van der Waals surface area contributed by atoms with Crippen LogP contribution in [0.15, 0.2) is 29.2 Å². The Morgan fingerprint density at radius 3 is 2.41 bits per heavy atom. The Bertz CT molecular complexity index is 660. The van der Waals surface area contributed by atoms with E-state index in [1.54, 1.807) is 6.92 Å². The lowest BCUT2D eigenvalue weighted by atomic mass is 9.90. The van der Waals surface area contributed by atoms with Crippen molar-refractivity contribution in [3.05, 3.63) is 24.3 Å². The van der Waals surface area contributed by atoms with E-state index < -0.39 is 25.9 Å². The molecule has 1 heterocycles. The van der Waals surface area contributed by atoms with Crippen LogP contribution in [-0.2, 0) is 19.4 Å². The third kappa shape index (κ3) is 2.92. The predicted molar refractivity (Wildman–Crippen MR) is 76.6 cm³/mol. The van der Waals surface area contributed by atoms with Gasteiger partial charge in [-0.3, -0.25) is 4.79 Å². The zero-order chi connectivity index (χ0) is 16.5. The summed E-state index contributed by atoms with van der Waals surface area (Å²) in [4.78, 5) is 13.2. The molecule has 1 saturated heterocycles. The number of methoxy groups -OCH3 is 1. The van der Waals surface area contributed by atoms with Gasteiger partial charge in [-0.1, -0.05) is 0 Å². The van der Waals surface area contributed by atoms with Crippen molar-refractivity contribution < 1.29 is 26.7 Å². The maximum atomic E-state index is 12.5. The van der Waals surface area contributed by atoms with Gasteiger partial charge in [0.1, 0.15) is 0 Å². The second-order valence-corrected chi connectivity index (χ2v) is 7.44. The third-order valence-electron chi connectivity index (χ3n) is 3.92. The molecule has 0 spiro atoms. The molecule has 0 aromatic heterocycles. The van der Waals surface area contributed by atoms with Crippen LogP contribution in [0.4, 0.5) is 14.5 Å². The first kappa shape index (κ1) is 16.7. The van der Waals surface area contributed by atoms with Crippen molar-refractivity contribution in [1.82, 2.24) is 0 Å². The predicted octanol–water partition coefficient (Wildman–Crippen LogP) is 2.07. The number of carbonyl (C=O) groups excluding carboxylic acids is 1. The maximum Gasteiger partial charge on any atom is 0.341 e. The number of anilines is 1. The molecule has 1 aromatic rings. The normalized spacial score (nSPS) is 22.1. The summed E-state index contributed by atoms with van der Waals surface area (Å²) >= 11 is 0. The molecular weight excluding hydrogens is 316 g/mol. The molecule has 1 atom stereocenters. The minimum absolute atomic E-state index is 0.299. The molecule has 1 unspecified atom stereocenters. The fraction of sp³-hybridized carbons (Fsp3) is 0.500. The first-order valence-corrected chi connectivity index (χ1v) is 8.21.